The summed E-state index contributed by atoms with van der Waals surface area (Å²) in [7, 11) is 0. The zero-order valence-corrected chi connectivity index (χ0v) is 15.6. The van der Waals surface area contributed by atoms with Gasteiger partial charge in [0.15, 0.2) is 5.69 Å². The van der Waals surface area contributed by atoms with Crippen LogP contribution >= 0.6 is 11.6 Å². The van der Waals surface area contributed by atoms with E-state index in [1.165, 1.54) is 0 Å². The maximum Gasteiger partial charge on any atom is 0.278 e. The molecule has 3 aromatic rings. The van der Waals surface area contributed by atoms with Crippen molar-refractivity contribution in [2.45, 2.75) is 27.4 Å². The van der Waals surface area contributed by atoms with Gasteiger partial charge in [0, 0.05) is 10.7 Å². The van der Waals surface area contributed by atoms with Gasteiger partial charge in [0.05, 0.1) is 5.56 Å². The number of aromatic nitrogens is 1. The Kier molecular flexibility index (Phi) is 5.28. The first-order chi connectivity index (χ1) is 12.5. The zero-order chi connectivity index (χ0) is 18.7. The summed E-state index contributed by atoms with van der Waals surface area (Å²) in [5.74, 6) is 0.937. The minimum absolute atomic E-state index is 0.192. The van der Waals surface area contributed by atoms with Crippen LogP contribution in [0.3, 0.4) is 0 Å². The van der Waals surface area contributed by atoms with E-state index in [9.17, 15) is 4.79 Å². The van der Waals surface area contributed by atoms with Gasteiger partial charge >= 0.3 is 0 Å². The fraction of sp³-hybridized carbons (Fsp3) is 0.200. The number of anilines is 1. The normalized spacial score (nSPS) is 10.6. The van der Waals surface area contributed by atoms with Crippen molar-refractivity contribution in [2.24, 2.45) is 0 Å². The van der Waals surface area contributed by atoms with Gasteiger partial charge in [-0.2, -0.15) is 0 Å². The highest BCUT2D eigenvalue weighted by atomic mass is 35.5. The van der Waals surface area contributed by atoms with E-state index < -0.39 is 0 Å². The topological polar surface area (TPSA) is 64.4 Å². The summed E-state index contributed by atoms with van der Waals surface area (Å²) in [6.45, 7) is 5.80. The minimum atomic E-state index is -0.365. The van der Waals surface area contributed by atoms with Gasteiger partial charge in [0.25, 0.3) is 5.91 Å². The average Bonchev–Trinajstić information content (AvgIpc) is 2.98. The van der Waals surface area contributed by atoms with Gasteiger partial charge in [0.1, 0.15) is 18.1 Å². The summed E-state index contributed by atoms with van der Waals surface area (Å²) in [6, 6.07) is 13.0. The fourth-order valence-corrected chi connectivity index (χ4v) is 2.69. The molecule has 0 fully saturated rings. The van der Waals surface area contributed by atoms with Gasteiger partial charge in [-0.25, -0.2) is 0 Å². The average molecular weight is 371 g/mol. The number of ether oxygens (including phenoxy) is 1. The van der Waals surface area contributed by atoms with Crippen LogP contribution in [0.1, 0.15) is 32.9 Å². The monoisotopic (exact) mass is 370 g/mol. The lowest BCUT2D eigenvalue weighted by atomic mass is 10.1. The van der Waals surface area contributed by atoms with E-state index in [0.29, 0.717) is 22.0 Å². The van der Waals surface area contributed by atoms with Crippen molar-refractivity contribution >= 4 is 23.2 Å². The Bertz CT molecular complexity index is 950. The van der Waals surface area contributed by atoms with Gasteiger partial charge in [-0.1, -0.05) is 41.0 Å². The molecule has 0 radical (unpaired) electrons. The van der Waals surface area contributed by atoms with E-state index in [-0.39, 0.29) is 18.2 Å². The molecule has 0 aliphatic heterocycles. The molecule has 0 saturated heterocycles. The molecular formula is C20H19ClN2O3. The van der Waals surface area contributed by atoms with Crippen molar-refractivity contribution in [1.82, 2.24) is 5.16 Å². The number of amides is 1. The van der Waals surface area contributed by atoms with Crippen LogP contribution < -0.4 is 10.1 Å². The molecule has 6 heteroatoms. The van der Waals surface area contributed by atoms with Gasteiger partial charge in [0.2, 0.25) is 0 Å². The van der Waals surface area contributed by atoms with Crippen LogP contribution in [0.5, 0.6) is 5.75 Å². The number of nitrogens with one attached hydrogen (secondary N) is 1. The number of carbonyl (C=O) groups excluding carboxylic acids is 1. The van der Waals surface area contributed by atoms with Crippen molar-refractivity contribution in [3.63, 3.8) is 0 Å². The first kappa shape index (κ1) is 18.0. The van der Waals surface area contributed by atoms with Crippen LogP contribution in [0.15, 0.2) is 47.0 Å². The summed E-state index contributed by atoms with van der Waals surface area (Å²) in [5, 5.41) is 7.27. The van der Waals surface area contributed by atoms with E-state index in [0.717, 1.165) is 16.9 Å². The number of nitrogens with zero attached hydrogens (tertiary/aromatic N) is 1. The third kappa shape index (κ3) is 3.89. The lowest BCUT2D eigenvalue weighted by Gasteiger charge is -2.10. The molecule has 3 rings (SSSR count). The van der Waals surface area contributed by atoms with Crippen LogP contribution in [-0.2, 0) is 6.61 Å². The smallest absolute Gasteiger partial charge is 0.278 e. The number of carbonyl (C=O) groups is 1. The molecule has 0 bridgehead atoms. The van der Waals surface area contributed by atoms with Gasteiger partial charge in [-0.3, -0.25) is 4.79 Å². The standard InChI is InChI=1S/C20H19ClN2O3/c1-12-8-9-15(21)10-17(12)22-20(24)19-16(14(3)26-23-19)11-25-18-7-5-4-6-13(18)2/h4-10H,11H2,1-3H3,(H,22,24). The molecule has 0 aliphatic carbocycles. The number of hydrogen-bond acceptors (Lipinski definition) is 4. The molecule has 1 heterocycles. The fourth-order valence-electron chi connectivity index (χ4n) is 2.52. The molecule has 1 aromatic heterocycles. The Morgan fingerprint density at radius 1 is 1.15 bits per heavy atom. The Labute approximate surface area is 156 Å². The molecule has 5 nitrogen and oxygen atoms in total. The van der Waals surface area contributed by atoms with E-state index in [4.69, 9.17) is 20.9 Å². The molecule has 0 spiro atoms. The number of benzene rings is 2. The lowest BCUT2D eigenvalue weighted by molar-refractivity contribution is 0.101. The number of para-hydroxylation sites is 1. The highest BCUT2D eigenvalue weighted by Gasteiger charge is 2.21. The van der Waals surface area contributed by atoms with Gasteiger partial charge < -0.3 is 14.6 Å². The molecule has 0 atom stereocenters. The number of hydrogen-bond donors (Lipinski definition) is 1. The summed E-state index contributed by atoms with van der Waals surface area (Å²) >= 11 is 6.01. The quantitative estimate of drug-likeness (QED) is 0.679. The number of aryl methyl sites for hydroxylation is 3. The van der Waals surface area contributed by atoms with Crippen molar-refractivity contribution in [3.8, 4) is 5.75 Å². The molecule has 26 heavy (non-hydrogen) atoms. The predicted molar refractivity (Wildman–Crippen MR) is 101 cm³/mol. The summed E-state index contributed by atoms with van der Waals surface area (Å²) in [5.41, 5.74) is 3.37. The third-order valence-corrected chi connectivity index (χ3v) is 4.35. The predicted octanol–water partition coefficient (Wildman–Crippen LogP) is 5.08. The largest absolute Gasteiger partial charge is 0.488 e. The maximum absolute atomic E-state index is 12.7. The first-order valence-electron chi connectivity index (χ1n) is 8.17. The Morgan fingerprint density at radius 3 is 2.69 bits per heavy atom. The van der Waals surface area contributed by atoms with Crippen LogP contribution in [0, 0.1) is 20.8 Å². The van der Waals surface area contributed by atoms with Crippen LogP contribution in [0.25, 0.3) is 0 Å². The molecule has 1 N–H and O–H groups in total. The van der Waals surface area contributed by atoms with Crippen molar-refractivity contribution < 1.29 is 14.1 Å². The Balaban J connectivity index is 1.79. The first-order valence-corrected chi connectivity index (χ1v) is 8.54. The van der Waals surface area contributed by atoms with E-state index >= 15 is 0 Å². The SMILES string of the molecule is Cc1ccc(Cl)cc1NC(=O)c1noc(C)c1COc1ccccc1C. The van der Waals surface area contributed by atoms with Crippen LogP contribution in [-0.4, -0.2) is 11.1 Å². The van der Waals surface area contributed by atoms with Crippen LogP contribution in [0.4, 0.5) is 5.69 Å². The van der Waals surface area contributed by atoms with Crippen molar-refractivity contribution in [2.75, 3.05) is 5.32 Å². The van der Waals surface area contributed by atoms with Gasteiger partial charge in [-0.05, 0) is 50.1 Å². The number of halogens is 1. The molecule has 0 unspecified atom stereocenters. The highest BCUT2D eigenvalue weighted by Crippen LogP contribution is 2.23. The summed E-state index contributed by atoms with van der Waals surface area (Å²) in [6.07, 6.45) is 0. The highest BCUT2D eigenvalue weighted by molar-refractivity contribution is 6.31. The number of rotatable bonds is 5. The molecule has 134 valence electrons. The zero-order valence-electron chi connectivity index (χ0n) is 14.8. The molecule has 2 aromatic carbocycles. The third-order valence-electron chi connectivity index (χ3n) is 4.11. The minimum Gasteiger partial charge on any atom is -0.488 e. The second kappa shape index (κ2) is 7.62. The van der Waals surface area contributed by atoms with Crippen molar-refractivity contribution in [1.29, 1.82) is 0 Å². The van der Waals surface area contributed by atoms with E-state index in [1.54, 1.807) is 19.1 Å². The molecule has 0 aliphatic rings. The van der Waals surface area contributed by atoms with Crippen LogP contribution in [0.2, 0.25) is 5.02 Å². The molecule has 1 amide bonds. The van der Waals surface area contributed by atoms with Crippen molar-refractivity contribution in [3.05, 3.63) is 75.6 Å². The van der Waals surface area contributed by atoms with E-state index in [1.807, 2.05) is 44.2 Å². The summed E-state index contributed by atoms with van der Waals surface area (Å²) < 4.78 is 11.1. The second-order valence-corrected chi connectivity index (χ2v) is 6.47. The Hall–Kier alpha value is -2.79. The molecule has 0 saturated carbocycles. The molecular weight excluding hydrogens is 352 g/mol. The van der Waals surface area contributed by atoms with Gasteiger partial charge in [-0.15, -0.1) is 0 Å². The maximum atomic E-state index is 12.7. The van der Waals surface area contributed by atoms with E-state index in [2.05, 4.69) is 10.5 Å². The Morgan fingerprint density at radius 2 is 1.92 bits per heavy atom. The lowest BCUT2D eigenvalue weighted by Crippen LogP contribution is -2.16. The summed E-state index contributed by atoms with van der Waals surface area (Å²) in [4.78, 5) is 12.7. The second-order valence-electron chi connectivity index (χ2n) is 6.03.